The summed E-state index contributed by atoms with van der Waals surface area (Å²) >= 11 is 0. The molecule has 3 aliphatic carbocycles. The largest absolute Gasteiger partial charge is 0.508 e. The SMILES string of the molecule is CN(C)[C@@H]1C(=O)C(C(N)=O)=C(O)[C@@]2(O)C(=O)C3=C(O)c4c(ccc(NC5CCNCC5)c4O)C[C@H]3C[C@@H]12. The van der Waals surface area contributed by atoms with Gasteiger partial charge in [0.2, 0.25) is 5.78 Å². The lowest BCUT2D eigenvalue weighted by Crippen LogP contribution is -2.65. The lowest BCUT2D eigenvalue weighted by molar-refractivity contribution is -0.153. The zero-order valence-electron chi connectivity index (χ0n) is 20.7. The van der Waals surface area contributed by atoms with Crippen LogP contribution < -0.4 is 16.4 Å². The second-order valence-corrected chi connectivity index (χ2v) is 10.6. The van der Waals surface area contributed by atoms with Crippen LogP contribution in [-0.2, 0) is 20.8 Å². The van der Waals surface area contributed by atoms with Crippen molar-refractivity contribution in [3.8, 4) is 5.75 Å². The number of amides is 1. The first-order chi connectivity index (χ1) is 17.5. The Morgan fingerprint density at radius 1 is 1.16 bits per heavy atom. The minimum Gasteiger partial charge on any atom is -0.508 e. The zero-order valence-corrected chi connectivity index (χ0v) is 20.7. The molecule has 11 heteroatoms. The van der Waals surface area contributed by atoms with Crippen LogP contribution in [0.2, 0.25) is 0 Å². The van der Waals surface area contributed by atoms with Crippen molar-refractivity contribution < 1.29 is 34.8 Å². The van der Waals surface area contributed by atoms with Crippen molar-refractivity contribution in [2.45, 2.75) is 43.4 Å². The molecule has 0 bridgehead atoms. The van der Waals surface area contributed by atoms with E-state index in [2.05, 4.69) is 10.6 Å². The molecule has 198 valence electrons. The van der Waals surface area contributed by atoms with Gasteiger partial charge in [-0.15, -0.1) is 0 Å². The molecule has 1 amide bonds. The molecule has 1 aromatic carbocycles. The first-order valence-electron chi connectivity index (χ1n) is 12.4. The number of carbonyl (C=O) groups is 3. The number of aliphatic hydroxyl groups is 3. The minimum atomic E-state index is -2.63. The second-order valence-electron chi connectivity index (χ2n) is 10.6. The molecule has 8 N–H and O–H groups in total. The quantitative estimate of drug-likeness (QED) is 0.216. The first kappa shape index (κ1) is 25.2. The van der Waals surface area contributed by atoms with E-state index in [0.717, 1.165) is 25.9 Å². The fourth-order valence-electron chi connectivity index (χ4n) is 6.52. The average Bonchev–Trinajstić information content (AvgIpc) is 2.83. The van der Waals surface area contributed by atoms with Crippen LogP contribution in [0.3, 0.4) is 0 Å². The van der Waals surface area contributed by atoms with E-state index in [1.54, 1.807) is 26.2 Å². The van der Waals surface area contributed by atoms with Crippen LogP contribution in [0.25, 0.3) is 5.76 Å². The van der Waals surface area contributed by atoms with Crippen LogP contribution in [0.1, 0.15) is 30.4 Å². The number of rotatable bonds is 4. The zero-order chi connectivity index (χ0) is 26.8. The first-order valence-corrected chi connectivity index (χ1v) is 12.4. The number of aliphatic hydroxyl groups excluding tert-OH is 2. The lowest BCUT2D eigenvalue weighted by atomic mass is 9.57. The summed E-state index contributed by atoms with van der Waals surface area (Å²) < 4.78 is 0. The lowest BCUT2D eigenvalue weighted by Gasteiger charge is -2.50. The second kappa shape index (κ2) is 8.86. The van der Waals surface area contributed by atoms with Gasteiger partial charge in [-0.05, 0) is 70.4 Å². The van der Waals surface area contributed by atoms with Crippen LogP contribution in [0.15, 0.2) is 29.0 Å². The van der Waals surface area contributed by atoms with Gasteiger partial charge < -0.3 is 36.8 Å². The number of Topliss-reactive ketones (excluding diaryl/α,β-unsaturated/α-hetero) is 2. The van der Waals surface area contributed by atoms with E-state index in [9.17, 15) is 34.8 Å². The highest BCUT2D eigenvalue weighted by atomic mass is 16.3. The third-order valence-corrected chi connectivity index (χ3v) is 8.29. The van der Waals surface area contributed by atoms with Crippen molar-refractivity contribution in [2.24, 2.45) is 17.6 Å². The summed E-state index contributed by atoms with van der Waals surface area (Å²) in [6, 6.07) is 2.57. The molecule has 4 atom stereocenters. The van der Waals surface area contributed by atoms with Crippen LogP contribution in [0.4, 0.5) is 5.69 Å². The van der Waals surface area contributed by atoms with Gasteiger partial charge in [0.05, 0.1) is 17.3 Å². The number of nitrogens with zero attached hydrogens (tertiary/aromatic N) is 1. The summed E-state index contributed by atoms with van der Waals surface area (Å²) in [5, 5.41) is 51.5. The molecule has 1 aromatic rings. The topological polar surface area (TPSA) is 185 Å². The fourth-order valence-corrected chi connectivity index (χ4v) is 6.52. The van der Waals surface area contributed by atoms with E-state index in [4.69, 9.17) is 5.73 Å². The molecule has 5 rings (SSSR count). The van der Waals surface area contributed by atoms with Crippen LogP contribution in [-0.4, -0.2) is 87.7 Å². The number of primary amides is 1. The Hall–Kier alpha value is -3.41. The number of nitrogens with one attached hydrogen (secondary N) is 2. The molecule has 0 radical (unpaired) electrons. The number of likely N-dealkylation sites (N-methyl/N-ethyl adjacent to an activating group) is 1. The van der Waals surface area contributed by atoms with Crippen molar-refractivity contribution in [1.82, 2.24) is 10.2 Å². The van der Waals surface area contributed by atoms with Gasteiger partial charge in [0.25, 0.3) is 5.91 Å². The number of nitrogens with two attached hydrogens (primary N) is 1. The maximum absolute atomic E-state index is 13.9. The van der Waals surface area contributed by atoms with Crippen molar-refractivity contribution in [1.29, 1.82) is 0 Å². The summed E-state index contributed by atoms with van der Waals surface area (Å²) in [5.74, 6) is -6.47. The Morgan fingerprint density at radius 3 is 2.46 bits per heavy atom. The number of hydrogen-bond donors (Lipinski definition) is 7. The molecule has 0 spiro atoms. The number of ketones is 2. The molecule has 11 nitrogen and oxygen atoms in total. The van der Waals surface area contributed by atoms with Gasteiger partial charge in [-0.1, -0.05) is 6.07 Å². The number of carbonyl (C=O) groups excluding carboxylic acids is 3. The molecule has 1 heterocycles. The maximum Gasteiger partial charge on any atom is 0.255 e. The van der Waals surface area contributed by atoms with E-state index >= 15 is 0 Å². The van der Waals surface area contributed by atoms with Crippen molar-refractivity contribution in [3.05, 3.63) is 40.2 Å². The van der Waals surface area contributed by atoms with Gasteiger partial charge in [0.15, 0.2) is 11.4 Å². The molecular formula is C26H32N4O7. The normalized spacial score (nSPS) is 30.2. The summed E-state index contributed by atoms with van der Waals surface area (Å²) in [4.78, 5) is 40.5. The summed E-state index contributed by atoms with van der Waals surface area (Å²) in [5.41, 5.74) is 2.88. The number of piperidine rings is 1. The molecule has 0 unspecified atom stereocenters. The smallest absolute Gasteiger partial charge is 0.255 e. The molecule has 4 aliphatic rings. The average molecular weight is 513 g/mol. The minimum absolute atomic E-state index is 0.0710. The summed E-state index contributed by atoms with van der Waals surface area (Å²) in [6.45, 7) is 1.69. The monoisotopic (exact) mass is 512 g/mol. The molecule has 37 heavy (non-hydrogen) atoms. The highest BCUT2D eigenvalue weighted by Crippen LogP contribution is 2.53. The molecular weight excluding hydrogens is 480 g/mol. The Balaban J connectivity index is 1.62. The van der Waals surface area contributed by atoms with Crippen LogP contribution in [0.5, 0.6) is 5.75 Å². The van der Waals surface area contributed by atoms with Gasteiger partial charge in [-0.25, -0.2) is 0 Å². The van der Waals surface area contributed by atoms with Gasteiger partial charge in [-0.3, -0.25) is 19.3 Å². The highest BCUT2D eigenvalue weighted by Gasteiger charge is 2.64. The molecule has 1 saturated carbocycles. The van der Waals surface area contributed by atoms with Gasteiger partial charge in [0.1, 0.15) is 22.8 Å². The predicted octanol–water partition coefficient (Wildman–Crippen LogP) is 0.128. The van der Waals surface area contributed by atoms with E-state index in [-0.39, 0.29) is 35.8 Å². The number of phenolic OH excluding ortho intramolecular Hbond substituents is 1. The summed E-state index contributed by atoms with van der Waals surface area (Å²) in [6.07, 6.45) is 2.06. The maximum atomic E-state index is 13.9. The van der Waals surface area contributed by atoms with E-state index in [0.29, 0.717) is 11.3 Å². The van der Waals surface area contributed by atoms with Gasteiger partial charge in [0, 0.05) is 17.5 Å². The van der Waals surface area contributed by atoms with E-state index in [1.165, 1.54) is 4.90 Å². The van der Waals surface area contributed by atoms with Gasteiger partial charge >= 0.3 is 0 Å². The number of aromatic hydroxyl groups is 1. The molecule has 1 aliphatic heterocycles. The number of anilines is 1. The molecule has 2 fully saturated rings. The van der Waals surface area contributed by atoms with Crippen molar-refractivity contribution >= 4 is 28.9 Å². The Bertz CT molecular complexity index is 1260. The van der Waals surface area contributed by atoms with Crippen molar-refractivity contribution in [3.63, 3.8) is 0 Å². The number of hydrogen-bond acceptors (Lipinski definition) is 10. The Kier molecular flexibility index (Phi) is 6.05. The number of benzene rings is 1. The third-order valence-electron chi connectivity index (χ3n) is 8.29. The Morgan fingerprint density at radius 2 is 1.84 bits per heavy atom. The van der Waals surface area contributed by atoms with Crippen LogP contribution in [0, 0.1) is 11.8 Å². The van der Waals surface area contributed by atoms with Gasteiger partial charge in [-0.2, -0.15) is 0 Å². The van der Waals surface area contributed by atoms with E-state index < -0.39 is 58.0 Å². The summed E-state index contributed by atoms with van der Waals surface area (Å²) in [7, 11) is 3.14. The fraction of sp³-hybridized carbons (Fsp3) is 0.500. The Labute approximate surface area is 213 Å². The highest BCUT2D eigenvalue weighted by molar-refractivity contribution is 6.24. The predicted molar refractivity (Wildman–Crippen MR) is 134 cm³/mol. The standard InChI is InChI=1S/C26H32N4O7/c1-30(2)19-14-10-12-9-11-3-4-15(29-13-5-7-28-8-6-13)20(31)16(11)21(32)17(12)23(34)26(14,37)24(35)18(22(19)33)25(27)36/h3-4,12-14,19,28-29,31-32,35,37H,5-10H2,1-2H3,(H2,27,36)/t12-,14-,19-,26-/m0/s1. The van der Waals surface area contributed by atoms with Crippen LogP contribution >= 0.6 is 0 Å². The number of fused-ring (bicyclic) bond motifs is 3. The molecule has 0 aromatic heterocycles. The third kappa shape index (κ3) is 3.64. The van der Waals surface area contributed by atoms with Crippen molar-refractivity contribution in [2.75, 3.05) is 32.5 Å². The van der Waals surface area contributed by atoms with E-state index in [1.807, 2.05) is 0 Å². The molecule has 1 saturated heterocycles. The number of phenols is 1.